The molecule has 0 fully saturated rings. The lowest BCUT2D eigenvalue weighted by Crippen LogP contribution is -2.45. The number of nitrogens with two attached hydrogens (primary N) is 1. The Morgan fingerprint density at radius 1 is 1.53 bits per heavy atom. The average molecular weight is 261 g/mol. The molecule has 0 aliphatic heterocycles. The summed E-state index contributed by atoms with van der Waals surface area (Å²) in [5.41, 5.74) is 5.22. The van der Waals surface area contributed by atoms with Gasteiger partial charge in [-0.05, 0) is 18.2 Å². The molecule has 0 spiro atoms. The third-order valence-electron chi connectivity index (χ3n) is 2.01. The Bertz CT molecular complexity index is 453. The van der Waals surface area contributed by atoms with Gasteiger partial charge in [0.05, 0.1) is 0 Å². The standard InChI is InChI=1S/C10H10ClFN2O3/c11-6-1-2-7(12)5(3-6)4-14-9(15)8(13)10(16)17/h1-3,8H,4,13H2,(H,14,15)(H,16,17). The number of hydrogen-bond acceptors (Lipinski definition) is 3. The fourth-order valence-electron chi connectivity index (χ4n) is 1.08. The molecule has 0 heterocycles. The van der Waals surface area contributed by atoms with E-state index in [1.807, 2.05) is 0 Å². The van der Waals surface area contributed by atoms with E-state index in [9.17, 15) is 14.0 Å². The molecule has 4 N–H and O–H groups in total. The van der Waals surface area contributed by atoms with Crippen molar-refractivity contribution in [3.63, 3.8) is 0 Å². The molecule has 0 saturated heterocycles. The lowest BCUT2D eigenvalue weighted by Gasteiger charge is -2.09. The maximum Gasteiger partial charge on any atom is 0.330 e. The summed E-state index contributed by atoms with van der Waals surface area (Å²) in [7, 11) is 0. The molecule has 0 aliphatic rings. The second-order valence-electron chi connectivity index (χ2n) is 3.27. The Morgan fingerprint density at radius 2 is 2.18 bits per heavy atom. The summed E-state index contributed by atoms with van der Waals surface area (Å²) in [6, 6.07) is 2.19. The van der Waals surface area contributed by atoms with Gasteiger partial charge in [0.1, 0.15) is 5.82 Å². The molecule has 1 amide bonds. The van der Waals surface area contributed by atoms with Crippen LogP contribution in [0.2, 0.25) is 5.02 Å². The van der Waals surface area contributed by atoms with Gasteiger partial charge in [-0.15, -0.1) is 0 Å². The Kier molecular flexibility index (Phi) is 4.42. The number of rotatable bonds is 4. The fourth-order valence-corrected chi connectivity index (χ4v) is 1.28. The molecule has 0 radical (unpaired) electrons. The predicted molar refractivity (Wildman–Crippen MR) is 58.9 cm³/mol. The van der Waals surface area contributed by atoms with Crippen LogP contribution in [0.25, 0.3) is 0 Å². The van der Waals surface area contributed by atoms with Gasteiger partial charge in [0.15, 0.2) is 6.04 Å². The van der Waals surface area contributed by atoms with Crippen LogP contribution in [0, 0.1) is 5.82 Å². The number of carboxylic acid groups (broad SMARTS) is 1. The molecular weight excluding hydrogens is 251 g/mol. The number of hydrogen-bond donors (Lipinski definition) is 3. The Balaban J connectivity index is 2.64. The van der Waals surface area contributed by atoms with Gasteiger partial charge in [-0.1, -0.05) is 11.6 Å². The maximum atomic E-state index is 13.2. The van der Waals surface area contributed by atoms with Crippen molar-refractivity contribution in [3.8, 4) is 0 Å². The van der Waals surface area contributed by atoms with Crippen LogP contribution in [0.4, 0.5) is 4.39 Å². The number of halogens is 2. The highest BCUT2D eigenvalue weighted by atomic mass is 35.5. The Labute approximate surface area is 101 Å². The normalized spacial score (nSPS) is 11.9. The first-order valence-electron chi connectivity index (χ1n) is 4.62. The number of aliphatic carboxylic acids is 1. The zero-order chi connectivity index (χ0) is 13.0. The van der Waals surface area contributed by atoms with E-state index < -0.39 is 23.7 Å². The van der Waals surface area contributed by atoms with Gasteiger partial charge in [0.25, 0.3) is 0 Å². The lowest BCUT2D eigenvalue weighted by atomic mass is 10.2. The molecule has 5 nitrogen and oxygen atoms in total. The first-order valence-corrected chi connectivity index (χ1v) is 4.99. The second kappa shape index (κ2) is 5.60. The minimum atomic E-state index is -1.67. The van der Waals surface area contributed by atoms with E-state index in [1.165, 1.54) is 12.1 Å². The first kappa shape index (κ1) is 13.4. The second-order valence-corrected chi connectivity index (χ2v) is 3.71. The van der Waals surface area contributed by atoms with Crippen molar-refractivity contribution in [2.45, 2.75) is 12.6 Å². The van der Waals surface area contributed by atoms with Crippen molar-refractivity contribution in [2.75, 3.05) is 0 Å². The highest BCUT2D eigenvalue weighted by Gasteiger charge is 2.20. The minimum absolute atomic E-state index is 0.156. The minimum Gasteiger partial charge on any atom is -0.480 e. The molecule has 0 saturated carbocycles. The Hall–Kier alpha value is -1.66. The van der Waals surface area contributed by atoms with Gasteiger partial charge in [0.2, 0.25) is 5.91 Å². The molecular formula is C10H10ClFN2O3. The van der Waals surface area contributed by atoms with Gasteiger partial charge < -0.3 is 16.2 Å². The summed E-state index contributed by atoms with van der Waals surface area (Å²) in [5.74, 6) is -2.88. The highest BCUT2D eigenvalue weighted by molar-refractivity contribution is 6.30. The molecule has 0 aromatic heterocycles. The summed E-state index contributed by atoms with van der Waals surface area (Å²) in [5, 5.41) is 11.0. The van der Waals surface area contributed by atoms with Gasteiger partial charge >= 0.3 is 5.97 Å². The third-order valence-corrected chi connectivity index (χ3v) is 2.24. The van der Waals surface area contributed by atoms with Crippen LogP contribution >= 0.6 is 11.6 Å². The van der Waals surface area contributed by atoms with Crippen LogP contribution < -0.4 is 11.1 Å². The highest BCUT2D eigenvalue weighted by Crippen LogP contribution is 2.14. The average Bonchev–Trinajstić information content (AvgIpc) is 2.28. The van der Waals surface area contributed by atoms with Crippen molar-refractivity contribution in [1.29, 1.82) is 0 Å². The van der Waals surface area contributed by atoms with Crippen LogP contribution in [0.3, 0.4) is 0 Å². The molecule has 0 aliphatic carbocycles. The number of benzene rings is 1. The molecule has 0 bridgehead atoms. The topological polar surface area (TPSA) is 92.4 Å². The van der Waals surface area contributed by atoms with Gasteiger partial charge in [-0.2, -0.15) is 0 Å². The molecule has 1 atom stereocenters. The molecule has 1 rings (SSSR count). The number of carbonyl (C=O) groups is 2. The summed E-state index contributed by atoms with van der Waals surface area (Å²) < 4.78 is 13.2. The number of carboxylic acids is 1. The van der Waals surface area contributed by atoms with Gasteiger partial charge in [-0.25, -0.2) is 9.18 Å². The summed E-state index contributed by atoms with van der Waals surface area (Å²) in [4.78, 5) is 21.6. The molecule has 1 unspecified atom stereocenters. The van der Waals surface area contributed by atoms with Crippen molar-refractivity contribution in [2.24, 2.45) is 5.73 Å². The summed E-state index contributed by atoms with van der Waals surface area (Å²) >= 11 is 5.65. The molecule has 92 valence electrons. The SMILES string of the molecule is NC(C(=O)O)C(=O)NCc1cc(Cl)ccc1F. The smallest absolute Gasteiger partial charge is 0.330 e. The van der Waals surface area contributed by atoms with Crippen molar-refractivity contribution < 1.29 is 19.1 Å². The number of nitrogens with one attached hydrogen (secondary N) is 1. The van der Waals surface area contributed by atoms with Crippen LogP contribution in [0.1, 0.15) is 5.56 Å². The maximum absolute atomic E-state index is 13.2. The van der Waals surface area contributed by atoms with E-state index >= 15 is 0 Å². The van der Waals surface area contributed by atoms with E-state index in [0.717, 1.165) is 6.07 Å². The molecule has 1 aromatic rings. The summed E-state index contributed by atoms with van der Waals surface area (Å²) in [6.45, 7) is -0.174. The van der Waals surface area contributed by atoms with Crippen LogP contribution in [0.15, 0.2) is 18.2 Å². The van der Waals surface area contributed by atoms with Crippen molar-refractivity contribution in [1.82, 2.24) is 5.32 Å². The van der Waals surface area contributed by atoms with Crippen molar-refractivity contribution >= 4 is 23.5 Å². The van der Waals surface area contributed by atoms with E-state index in [2.05, 4.69) is 5.32 Å². The van der Waals surface area contributed by atoms with E-state index in [-0.39, 0.29) is 12.1 Å². The largest absolute Gasteiger partial charge is 0.480 e. The number of amides is 1. The summed E-state index contributed by atoms with van der Waals surface area (Å²) in [6.07, 6.45) is 0. The molecule has 1 aromatic carbocycles. The van der Waals surface area contributed by atoms with Gasteiger partial charge in [-0.3, -0.25) is 4.79 Å². The zero-order valence-electron chi connectivity index (χ0n) is 8.61. The Morgan fingerprint density at radius 3 is 2.76 bits per heavy atom. The molecule has 17 heavy (non-hydrogen) atoms. The number of carbonyl (C=O) groups excluding carboxylic acids is 1. The van der Waals surface area contributed by atoms with E-state index in [1.54, 1.807) is 0 Å². The zero-order valence-corrected chi connectivity index (χ0v) is 9.37. The predicted octanol–water partition coefficient (Wildman–Crippen LogP) is 0.507. The van der Waals surface area contributed by atoms with Crippen molar-refractivity contribution in [3.05, 3.63) is 34.6 Å². The lowest BCUT2D eigenvalue weighted by molar-refractivity contribution is -0.142. The van der Waals surface area contributed by atoms with Crippen LogP contribution in [-0.2, 0) is 16.1 Å². The first-order chi connectivity index (χ1) is 7.91. The fraction of sp³-hybridized carbons (Fsp3) is 0.200. The van der Waals surface area contributed by atoms with E-state index in [0.29, 0.717) is 5.02 Å². The monoisotopic (exact) mass is 260 g/mol. The van der Waals surface area contributed by atoms with Crippen LogP contribution in [-0.4, -0.2) is 23.0 Å². The molecule has 7 heteroatoms. The van der Waals surface area contributed by atoms with E-state index in [4.69, 9.17) is 22.4 Å². The van der Waals surface area contributed by atoms with Gasteiger partial charge in [0, 0.05) is 17.1 Å². The quantitative estimate of drug-likeness (QED) is 0.688. The van der Waals surface area contributed by atoms with Crippen LogP contribution in [0.5, 0.6) is 0 Å². The third kappa shape index (κ3) is 3.69.